The van der Waals surface area contributed by atoms with Gasteiger partial charge in [0.05, 0.1) is 13.2 Å². The lowest BCUT2D eigenvalue weighted by Crippen LogP contribution is -2.43. The number of hydrogen-bond acceptors (Lipinski definition) is 4. The molecule has 1 unspecified atom stereocenters. The third-order valence-corrected chi connectivity index (χ3v) is 3.23. The second-order valence-corrected chi connectivity index (χ2v) is 4.40. The molecule has 0 aliphatic carbocycles. The molecule has 0 saturated heterocycles. The Morgan fingerprint density at radius 2 is 2.00 bits per heavy atom. The number of likely N-dealkylation sites (N-methyl/N-ethyl adjacent to an activating group) is 1. The van der Waals surface area contributed by atoms with Crippen LogP contribution in [0.5, 0.6) is 0 Å². The Morgan fingerprint density at radius 1 is 1.31 bits per heavy atom. The van der Waals surface area contributed by atoms with Crippen molar-refractivity contribution >= 4 is 0 Å². The predicted molar refractivity (Wildman–Crippen MR) is 67.5 cm³/mol. The molecule has 4 nitrogen and oxygen atoms in total. The third-order valence-electron chi connectivity index (χ3n) is 3.23. The van der Waals surface area contributed by atoms with Gasteiger partial charge in [-0.15, -0.1) is 0 Å². The molecule has 0 aliphatic rings. The molecule has 0 aromatic heterocycles. The van der Waals surface area contributed by atoms with Crippen LogP contribution in [-0.4, -0.2) is 55.5 Å². The first kappa shape index (κ1) is 15.8. The Hall–Kier alpha value is -0.160. The Balaban J connectivity index is 3.76. The molecule has 0 aromatic carbocycles. The minimum atomic E-state index is -0.388. The zero-order chi connectivity index (χ0) is 12.4. The van der Waals surface area contributed by atoms with Crippen molar-refractivity contribution in [2.24, 2.45) is 5.73 Å². The molecule has 0 aromatic rings. The lowest BCUT2D eigenvalue weighted by molar-refractivity contribution is 0.141. The van der Waals surface area contributed by atoms with E-state index in [0.717, 1.165) is 45.5 Å². The summed E-state index contributed by atoms with van der Waals surface area (Å²) in [4.78, 5) is 2.34. The standard InChI is InChI=1S/C12H28N2O2/c1-4-12(13,11-15)7-6-8-14(5-2)9-10-16-3/h15H,4-11,13H2,1-3H3. The number of nitrogens with two attached hydrogens (primary N) is 1. The summed E-state index contributed by atoms with van der Waals surface area (Å²) in [6, 6.07) is 0. The Bertz CT molecular complexity index is 161. The molecule has 0 radical (unpaired) electrons. The van der Waals surface area contributed by atoms with Crippen molar-refractivity contribution < 1.29 is 9.84 Å². The largest absolute Gasteiger partial charge is 0.394 e. The molecule has 98 valence electrons. The van der Waals surface area contributed by atoms with Crippen LogP contribution in [0.4, 0.5) is 0 Å². The molecule has 0 amide bonds. The van der Waals surface area contributed by atoms with E-state index in [1.165, 1.54) is 0 Å². The molecular formula is C12H28N2O2. The van der Waals surface area contributed by atoms with E-state index < -0.39 is 0 Å². The SMILES string of the molecule is CCN(CCCC(N)(CC)CO)CCOC. The van der Waals surface area contributed by atoms with E-state index in [2.05, 4.69) is 11.8 Å². The Labute approximate surface area is 99.8 Å². The van der Waals surface area contributed by atoms with Gasteiger partial charge in [-0.1, -0.05) is 13.8 Å². The quantitative estimate of drug-likeness (QED) is 0.586. The molecule has 1 atom stereocenters. The Morgan fingerprint density at radius 3 is 2.44 bits per heavy atom. The monoisotopic (exact) mass is 232 g/mol. The summed E-state index contributed by atoms with van der Waals surface area (Å²) in [6.07, 6.45) is 2.74. The summed E-state index contributed by atoms with van der Waals surface area (Å²) in [6.45, 7) is 8.06. The topological polar surface area (TPSA) is 58.7 Å². The van der Waals surface area contributed by atoms with Crippen LogP contribution < -0.4 is 5.73 Å². The zero-order valence-corrected chi connectivity index (χ0v) is 11.0. The number of hydrogen-bond donors (Lipinski definition) is 2. The highest BCUT2D eigenvalue weighted by atomic mass is 16.5. The van der Waals surface area contributed by atoms with Crippen molar-refractivity contribution in [2.45, 2.75) is 38.6 Å². The van der Waals surface area contributed by atoms with Crippen LogP contribution in [0.25, 0.3) is 0 Å². The fourth-order valence-electron chi connectivity index (χ4n) is 1.67. The van der Waals surface area contributed by atoms with E-state index in [-0.39, 0.29) is 12.1 Å². The molecule has 0 saturated carbocycles. The molecule has 0 rings (SSSR count). The molecule has 0 fully saturated rings. The van der Waals surface area contributed by atoms with Crippen LogP contribution in [0, 0.1) is 0 Å². The maximum absolute atomic E-state index is 9.19. The van der Waals surface area contributed by atoms with Gasteiger partial charge in [0, 0.05) is 19.2 Å². The first-order valence-electron chi connectivity index (χ1n) is 6.23. The predicted octanol–water partition coefficient (Wildman–Crippen LogP) is 0.835. The number of nitrogens with zero attached hydrogens (tertiary/aromatic N) is 1. The lowest BCUT2D eigenvalue weighted by atomic mass is 9.92. The highest BCUT2D eigenvalue weighted by molar-refractivity contribution is 4.81. The van der Waals surface area contributed by atoms with E-state index in [1.807, 2.05) is 6.92 Å². The maximum Gasteiger partial charge on any atom is 0.0611 e. The van der Waals surface area contributed by atoms with Crippen LogP contribution in [0.2, 0.25) is 0 Å². The summed E-state index contributed by atoms with van der Waals surface area (Å²) < 4.78 is 5.06. The van der Waals surface area contributed by atoms with E-state index in [4.69, 9.17) is 10.5 Å². The van der Waals surface area contributed by atoms with Crippen molar-refractivity contribution in [2.75, 3.05) is 40.0 Å². The third kappa shape index (κ3) is 6.43. The minimum Gasteiger partial charge on any atom is -0.394 e. The number of aliphatic hydroxyl groups is 1. The van der Waals surface area contributed by atoms with E-state index in [0.29, 0.717) is 0 Å². The molecule has 0 spiro atoms. The number of ether oxygens (including phenoxy) is 1. The lowest BCUT2D eigenvalue weighted by Gasteiger charge is -2.27. The van der Waals surface area contributed by atoms with Gasteiger partial charge >= 0.3 is 0 Å². The number of methoxy groups -OCH3 is 1. The van der Waals surface area contributed by atoms with Gasteiger partial charge in [-0.2, -0.15) is 0 Å². The summed E-state index contributed by atoms with van der Waals surface area (Å²) in [5.41, 5.74) is 5.64. The minimum absolute atomic E-state index is 0.0771. The molecule has 16 heavy (non-hydrogen) atoms. The highest BCUT2D eigenvalue weighted by Crippen LogP contribution is 2.13. The first-order chi connectivity index (χ1) is 7.61. The fraction of sp³-hybridized carbons (Fsp3) is 1.00. The Kier molecular flexibility index (Phi) is 8.84. The molecule has 0 heterocycles. The van der Waals surface area contributed by atoms with Crippen molar-refractivity contribution in [1.29, 1.82) is 0 Å². The molecule has 0 aliphatic heterocycles. The van der Waals surface area contributed by atoms with E-state index in [1.54, 1.807) is 7.11 Å². The normalized spacial score (nSPS) is 15.4. The summed E-state index contributed by atoms with van der Waals surface area (Å²) >= 11 is 0. The van der Waals surface area contributed by atoms with Crippen LogP contribution >= 0.6 is 0 Å². The van der Waals surface area contributed by atoms with Crippen LogP contribution in [-0.2, 0) is 4.74 Å². The van der Waals surface area contributed by atoms with Gasteiger partial charge in [-0.3, -0.25) is 0 Å². The molecule has 3 N–H and O–H groups in total. The average Bonchev–Trinajstić information content (AvgIpc) is 2.33. The maximum atomic E-state index is 9.19. The molecular weight excluding hydrogens is 204 g/mol. The van der Waals surface area contributed by atoms with Gasteiger partial charge < -0.3 is 20.5 Å². The van der Waals surface area contributed by atoms with Gasteiger partial charge in [-0.25, -0.2) is 0 Å². The fourth-order valence-corrected chi connectivity index (χ4v) is 1.67. The highest BCUT2D eigenvalue weighted by Gasteiger charge is 2.20. The molecule has 4 heteroatoms. The summed E-state index contributed by atoms with van der Waals surface area (Å²) in [7, 11) is 1.72. The van der Waals surface area contributed by atoms with Crippen molar-refractivity contribution in [1.82, 2.24) is 4.90 Å². The first-order valence-corrected chi connectivity index (χ1v) is 6.23. The van der Waals surface area contributed by atoms with E-state index in [9.17, 15) is 5.11 Å². The number of rotatable bonds is 10. The zero-order valence-electron chi connectivity index (χ0n) is 11.0. The second-order valence-electron chi connectivity index (χ2n) is 4.40. The van der Waals surface area contributed by atoms with Crippen LogP contribution in [0.15, 0.2) is 0 Å². The van der Waals surface area contributed by atoms with E-state index >= 15 is 0 Å². The van der Waals surface area contributed by atoms with Crippen molar-refractivity contribution in [3.05, 3.63) is 0 Å². The summed E-state index contributed by atoms with van der Waals surface area (Å²) in [5.74, 6) is 0. The smallest absolute Gasteiger partial charge is 0.0611 e. The molecule has 0 bridgehead atoms. The van der Waals surface area contributed by atoms with Gasteiger partial charge in [0.25, 0.3) is 0 Å². The van der Waals surface area contributed by atoms with Crippen molar-refractivity contribution in [3.63, 3.8) is 0 Å². The van der Waals surface area contributed by atoms with Gasteiger partial charge in [0.1, 0.15) is 0 Å². The number of aliphatic hydroxyl groups excluding tert-OH is 1. The van der Waals surface area contributed by atoms with Gasteiger partial charge in [0.15, 0.2) is 0 Å². The van der Waals surface area contributed by atoms with Crippen LogP contribution in [0.3, 0.4) is 0 Å². The van der Waals surface area contributed by atoms with Gasteiger partial charge in [-0.05, 0) is 32.4 Å². The second kappa shape index (κ2) is 8.93. The van der Waals surface area contributed by atoms with Gasteiger partial charge in [0.2, 0.25) is 0 Å². The van der Waals surface area contributed by atoms with Crippen LogP contribution in [0.1, 0.15) is 33.1 Å². The van der Waals surface area contributed by atoms with Crippen molar-refractivity contribution in [3.8, 4) is 0 Å². The average molecular weight is 232 g/mol. The summed E-state index contributed by atoms with van der Waals surface area (Å²) in [5, 5.41) is 9.19.